The van der Waals surface area contributed by atoms with Crippen LogP contribution in [0.5, 0.6) is 0 Å². The molecule has 0 spiro atoms. The number of rotatable bonds is 4. The zero-order chi connectivity index (χ0) is 13.2. The van der Waals surface area contributed by atoms with Crippen molar-refractivity contribution in [3.05, 3.63) is 34.3 Å². The van der Waals surface area contributed by atoms with Gasteiger partial charge in [-0.05, 0) is 45.0 Å². The Bertz CT molecular complexity index is 397. The Morgan fingerprint density at radius 1 is 1.28 bits per heavy atom. The van der Waals surface area contributed by atoms with Gasteiger partial charge in [0.25, 0.3) is 0 Å². The van der Waals surface area contributed by atoms with E-state index in [0.29, 0.717) is 0 Å². The van der Waals surface area contributed by atoms with Crippen LogP contribution in [0.2, 0.25) is 0 Å². The first-order chi connectivity index (χ1) is 8.56. The minimum Gasteiger partial charge on any atom is -0.326 e. The second-order valence-electron chi connectivity index (χ2n) is 5.61. The van der Waals surface area contributed by atoms with Crippen LogP contribution in [0.4, 0.5) is 0 Å². The normalized spacial score (nSPS) is 20.3. The van der Waals surface area contributed by atoms with Crippen LogP contribution in [0.25, 0.3) is 0 Å². The quantitative estimate of drug-likeness (QED) is 0.925. The zero-order valence-electron chi connectivity index (χ0n) is 11.3. The first-order valence-corrected chi connectivity index (χ1v) is 7.52. The van der Waals surface area contributed by atoms with Gasteiger partial charge in [-0.15, -0.1) is 0 Å². The highest BCUT2D eigenvalue weighted by Crippen LogP contribution is 2.37. The minimum atomic E-state index is 0.190. The van der Waals surface area contributed by atoms with Gasteiger partial charge < -0.3 is 10.6 Å². The lowest BCUT2D eigenvalue weighted by Gasteiger charge is -2.41. The van der Waals surface area contributed by atoms with Crippen LogP contribution < -0.4 is 5.73 Å². The molecule has 0 heterocycles. The van der Waals surface area contributed by atoms with Gasteiger partial charge in [0.1, 0.15) is 0 Å². The average molecular weight is 311 g/mol. The van der Waals surface area contributed by atoms with Crippen LogP contribution in [0, 0.1) is 0 Å². The molecule has 100 valence electrons. The van der Waals surface area contributed by atoms with E-state index < -0.39 is 0 Å². The molecular formula is C15H23BrN2. The summed E-state index contributed by atoms with van der Waals surface area (Å²) >= 11 is 3.62. The van der Waals surface area contributed by atoms with E-state index in [2.05, 4.69) is 59.2 Å². The monoisotopic (exact) mass is 310 g/mol. The molecule has 0 radical (unpaired) electrons. The lowest BCUT2D eigenvalue weighted by atomic mass is 9.84. The number of hydrogen-bond donors (Lipinski definition) is 1. The molecule has 3 heteroatoms. The Hall–Kier alpha value is -0.380. The van der Waals surface area contributed by atoms with Gasteiger partial charge in [-0.3, -0.25) is 0 Å². The second kappa shape index (κ2) is 5.72. The van der Waals surface area contributed by atoms with E-state index in [9.17, 15) is 0 Å². The van der Waals surface area contributed by atoms with Crippen LogP contribution in [0.1, 0.15) is 31.2 Å². The second-order valence-corrected chi connectivity index (χ2v) is 6.46. The van der Waals surface area contributed by atoms with Crippen molar-refractivity contribution in [2.24, 2.45) is 5.73 Å². The highest BCUT2D eigenvalue weighted by molar-refractivity contribution is 9.10. The maximum absolute atomic E-state index is 6.55. The standard InChI is InChI=1S/C15H23BrN2/c1-18(2)15(9-5-6-10-15)14(17)11-12-7-3-4-8-13(12)16/h3-4,7-8,14H,5-6,9-11,17H2,1-2H3. The molecule has 2 nitrogen and oxygen atoms in total. The van der Waals surface area contributed by atoms with E-state index in [-0.39, 0.29) is 11.6 Å². The third-order valence-electron chi connectivity index (χ3n) is 4.45. The molecule has 1 saturated carbocycles. The Morgan fingerprint density at radius 2 is 1.89 bits per heavy atom. The third-order valence-corrected chi connectivity index (χ3v) is 5.22. The molecule has 1 fully saturated rings. The molecule has 1 aliphatic rings. The smallest absolute Gasteiger partial charge is 0.0357 e. The first-order valence-electron chi connectivity index (χ1n) is 6.73. The summed E-state index contributed by atoms with van der Waals surface area (Å²) in [6.07, 6.45) is 6.01. The van der Waals surface area contributed by atoms with Crippen molar-refractivity contribution in [2.45, 2.75) is 43.7 Å². The summed E-state index contributed by atoms with van der Waals surface area (Å²) in [5, 5.41) is 0. The number of hydrogen-bond acceptors (Lipinski definition) is 2. The maximum Gasteiger partial charge on any atom is 0.0357 e. The van der Waals surface area contributed by atoms with Crippen molar-refractivity contribution in [3.8, 4) is 0 Å². The van der Waals surface area contributed by atoms with Crippen molar-refractivity contribution in [2.75, 3.05) is 14.1 Å². The molecule has 0 aromatic heterocycles. The molecule has 1 aromatic rings. The molecule has 0 amide bonds. The van der Waals surface area contributed by atoms with Gasteiger partial charge in [-0.25, -0.2) is 0 Å². The summed E-state index contributed by atoms with van der Waals surface area (Å²) in [6, 6.07) is 8.61. The molecule has 0 saturated heterocycles. The molecule has 18 heavy (non-hydrogen) atoms. The first kappa shape index (κ1) is 14.0. The van der Waals surface area contributed by atoms with E-state index in [1.165, 1.54) is 35.7 Å². The predicted molar refractivity (Wildman–Crippen MR) is 80.7 cm³/mol. The molecule has 1 aliphatic carbocycles. The minimum absolute atomic E-state index is 0.190. The van der Waals surface area contributed by atoms with Crippen LogP contribution >= 0.6 is 15.9 Å². The fraction of sp³-hybridized carbons (Fsp3) is 0.600. The molecule has 0 aliphatic heterocycles. The Balaban J connectivity index is 2.16. The summed E-state index contributed by atoms with van der Waals surface area (Å²) < 4.78 is 1.17. The lowest BCUT2D eigenvalue weighted by Crippen LogP contribution is -2.56. The summed E-state index contributed by atoms with van der Waals surface area (Å²) in [6.45, 7) is 0. The number of nitrogens with zero attached hydrogens (tertiary/aromatic N) is 1. The fourth-order valence-electron chi connectivity index (χ4n) is 3.23. The highest BCUT2D eigenvalue weighted by atomic mass is 79.9. The highest BCUT2D eigenvalue weighted by Gasteiger charge is 2.41. The van der Waals surface area contributed by atoms with Gasteiger partial charge in [0.15, 0.2) is 0 Å². The Morgan fingerprint density at radius 3 is 2.44 bits per heavy atom. The fourth-order valence-corrected chi connectivity index (χ4v) is 3.67. The predicted octanol–water partition coefficient (Wildman–Crippen LogP) is 3.19. The van der Waals surface area contributed by atoms with E-state index >= 15 is 0 Å². The summed E-state index contributed by atoms with van der Waals surface area (Å²) in [4.78, 5) is 2.35. The van der Waals surface area contributed by atoms with Gasteiger partial charge in [-0.2, -0.15) is 0 Å². The average Bonchev–Trinajstić information content (AvgIpc) is 2.82. The van der Waals surface area contributed by atoms with E-state index in [1.54, 1.807) is 0 Å². The lowest BCUT2D eigenvalue weighted by molar-refractivity contribution is 0.123. The maximum atomic E-state index is 6.55. The van der Waals surface area contributed by atoms with Crippen molar-refractivity contribution < 1.29 is 0 Å². The van der Waals surface area contributed by atoms with Gasteiger partial charge in [0.05, 0.1) is 0 Å². The Kier molecular flexibility index (Phi) is 4.46. The third kappa shape index (κ3) is 2.63. The van der Waals surface area contributed by atoms with Crippen molar-refractivity contribution in [1.82, 2.24) is 4.90 Å². The van der Waals surface area contributed by atoms with Gasteiger partial charge in [0, 0.05) is 16.1 Å². The van der Waals surface area contributed by atoms with Crippen molar-refractivity contribution in [3.63, 3.8) is 0 Å². The zero-order valence-corrected chi connectivity index (χ0v) is 12.9. The summed E-state index contributed by atoms with van der Waals surface area (Å²) in [7, 11) is 4.34. The SMILES string of the molecule is CN(C)C1(C(N)Cc2ccccc2Br)CCCC1. The van der Waals surface area contributed by atoms with E-state index in [4.69, 9.17) is 5.73 Å². The van der Waals surface area contributed by atoms with Gasteiger partial charge in [-0.1, -0.05) is 47.0 Å². The van der Waals surface area contributed by atoms with E-state index in [0.717, 1.165) is 6.42 Å². The summed E-state index contributed by atoms with van der Waals surface area (Å²) in [5.41, 5.74) is 8.06. The van der Waals surface area contributed by atoms with Crippen molar-refractivity contribution >= 4 is 15.9 Å². The topological polar surface area (TPSA) is 29.3 Å². The molecule has 2 rings (SSSR count). The molecular weight excluding hydrogens is 288 g/mol. The molecule has 1 unspecified atom stereocenters. The largest absolute Gasteiger partial charge is 0.326 e. The number of nitrogens with two attached hydrogens (primary N) is 1. The molecule has 1 atom stereocenters. The number of likely N-dealkylation sites (N-methyl/N-ethyl adjacent to an activating group) is 1. The van der Waals surface area contributed by atoms with E-state index in [1.807, 2.05) is 0 Å². The van der Waals surface area contributed by atoms with Gasteiger partial charge >= 0.3 is 0 Å². The molecule has 1 aromatic carbocycles. The van der Waals surface area contributed by atoms with Crippen LogP contribution in [0.3, 0.4) is 0 Å². The number of halogens is 1. The van der Waals surface area contributed by atoms with Crippen molar-refractivity contribution in [1.29, 1.82) is 0 Å². The number of benzene rings is 1. The van der Waals surface area contributed by atoms with Crippen LogP contribution in [-0.2, 0) is 6.42 Å². The molecule has 0 bridgehead atoms. The van der Waals surface area contributed by atoms with Crippen LogP contribution in [0.15, 0.2) is 28.7 Å². The molecule has 2 N–H and O–H groups in total. The summed E-state index contributed by atoms with van der Waals surface area (Å²) in [5.74, 6) is 0. The van der Waals surface area contributed by atoms with Gasteiger partial charge in [0.2, 0.25) is 0 Å². The van der Waals surface area contributed by atoms with Crippen LogP contribution in [-0.4, -0.2) is 30.6 Å². The Labute approximate surface area is 119 Å².